The van der Waals surface area contributed by atoms with E-state index < -0.39 is 21.8 Å². The summed E-state index contributed by atoms with van der Waals surface area (Å²) in [6.07, 6.45) is 10.2. The number of benzene rings is 1. The molecule has 2 aliphatic rings. The predicted octanol–water partition coefficient (Wildman–Crippen LogP) is 4.67. The molecule has 37 heavy (non-hydrogen) atoms. The lowest BCUT2D eigenvalue weighted by Crippen LogP contribution is -2.33. The van der Waals surface area contributed by atoms with E-state index in [1.165, 1.54) is 16.6 Å². The lowest BCUT2D eigenvalue weighted by Gasteiger charge is -2.18. The Kier molecular flexibility index (Phi) is 5.93. The fourth-order valence-corrected chi connectivity index (χ4v) is 6.01. The van der Waals surface area contributed by atoms with Crippen LogP contribution in [-0.4, -0.2) is 51.5 Å². The Labute approximate surface area is 217 Å². The lowest BCUT2D eigenvalue weighted by atomic mass is 10.0. The van der Waals surface area contributed by atoms with E-state index in [-0.39, 0.29) is 21.8 Å². The van der Waals surface area contributed by atoms with Crippen LogP contribution < -0.4 is 4.72 Å². The summed E-state index contributed by atoms with van der Waals surface area (Å²) in [5.41, 5.74) is 1.33. The van der Waals surface area contributed by atoms with E-state index in [4.69, 9.17) is 11.6 Å². The molecule has 2 N–H and O–H groups in total. The highest BCUT2D eigenvalue weighted by molar-refractivity contribution is 7.90. The summed E-state index contributed by atoms with van der Waals surface area (Å²) in [6.45, 7) is 0.699. The highest BCUT2D eigenvalue weighted by atomic mass is 35.5. The first-order valence-corrected chi connectivity index (χ1v) is 13.7. The van der Waals surface area contributed by atoms with Crippen LogP contribution in [0.2, 0.25) is 5.02 Å². The normalized spacial score (nSPS) is 16.4. The molecule has 4 aromatic rings. The molecule has 0 bridgehead atoms. The fraction of sp³-hybridized carbons (Fsp3) is 0.280. The number of ketones is 1. The molecule has 1 aromatic carbocycles. The SMILES string of the molecule is O=C(c1cc(Cl)cc(NS(=O)(=O)N2CCCC2)c1F)c1c[nH]c2ncc(-c3cnc(C4CC4)nc3)cc12. The quantitative estimate of drug-likeness (QED) is 0.328. The first kappa shape index (κ1) is 24.0. The number of carbonyl (C=O) groups excluding carboxylic acids is 1. The smallest absolute Gasteiger partial charge is 0.301 e. The van der Waals surface area contributed by atoms with E-state index in [0.29, 0.717) is 35.6 Å². The van der Waals surface area contributed by atoms with E-state index in [1.54, 1.807) is 24.7 Å². The van der Waals surface area contributed by atoms with Gasteiger partial charge in [0, 0.05) is 70.9 Å². The second kappa shape index (κ2) is 9.16. The number of anilines is 1. The minimum absolute atomic E-state index is 0.0235. The van der Waals surface area contributed by atoms with Crippen molar-refractivity contribution in [3.05, 3.63) is 70.8 Å². The van der Waals surface area contributed by atoms with Crippen molar-refractivity contribution in [1.29, 1.82) is 0 Å². The van der Waals surface area contributed by atoms with Crippen LogP contribution in [0.3, 0.4) is 0 Å². The molecule has 0 atom stereocenters. The summed E-state index contributed by atoms with van der Waals surface area (Å²) in [5.74, 6) is -0.407. The molecule has 0 amide bonds. The van der Waals surface area contributed by atoms with E-state index in [2.05, 4.69) is 24.7 Å². The number of pyridine rings is 1. The molecule has 12 heteroatoms. The summed E-state index contributed by atoms with van der Waals surface area (Å²) < 4.78 is 44.3. The van der Waals surface area contributed by atoms with Crippen LogP contribution in [-0.2, 0) is 10.2 Å². The van der Waals surface area contributed by atoms with Crippen molar-refractivity contribution in [3.8, 4) is 11.1 Å². The third-order valence-electron chi connectivity index (χ3n) is 6.65. The first-order valence-electron chi connectivity index (χ1n) is 11.9. The third-order valence-corrected chi connectivity index (χ3v) is 8.39. The molecule has 4 heterocycles. The van der Waals surface area contributed by atoms with Gasteiger partial charge in [-0.15, -0.1) is 0 Å². The number of rotatable bonds is 7. The summed E-state index contributed by atoms with van der Waals surface area (Å²) in [5, 5.41) is 0.503. The molecular weight excluding hydrogens is 519 g/mol. The summed E-state index contributed by atoms with van der Waals surface area (Å²) in [6, 6.07) is 4.11. The Morgan fingerprint density at radius 3 is 2.43 bits per heavy atom. The predicted molar refractivity (Wildman–Crippen MR) is 137 cm³/mol. The zero-order valence-electron chi connectivity index (χ0n) is 19.5. The van der Waals surface area contributed by atoms with Crippen LogP contribution in [0.1, 0.15) is 53.3 Å². The van der Waals surface area contributed by atoms with Crippen molar-refractivity contribution in [2.75, 3.05) is 17.8 Å². The van der Waals surface area contributed by atoms with Gasteiger partial charge in [0.2, 0.25) is 0 Å². The molecule has 0 radical (unpaired) electrons. The van der Waals surface area contributed by atoms with Crippen molar-refractivity contribution in [1.82, 2.24) is 24.2 Å². The topological polar surface area (TPSA) is 121 Å². The second-order valence-electron chi connectivity index (χ2n) is 9.28. The number of hydrogen-bond donors (Lipinski definition) is 2. The molecule has 190 valence electrons. The molecule has 0 unspecified atom stereocenters. The largest absolute Gasteiger partial charge is 0.345 e. The van der Waals surface area contributed by atoms with Crippen molar-refractivity contribution >= 4 is 44.3 Å². The highest BCUT2D eigenvalue weighted by Gasteiger charge is 2.29. The third kappa shape index (κ3) is 4.58. The van der Waals surface area contributed by atoms with Gasteiger partial charge < -0.3 is 4.98 Å². The van der Waals surface area contributed by atoms with Gasteiger partial charge in [0.15, 0.2) is 11.6 Å². The first-order chi connectivity index (χ1) is 17.8. The number of carbonyl (C=O) groups is 1. The van der Waals surface area contributed by atoms with E-state index in [1.807, 2.05) is 0 Å². The minimum atomic E-state index is -3.98. The Bertz CT molecular complexity index is 1630. The number of nitrogens with one attached hydrogen (secondary N) is 2. The number of H-pyrrole nitrogens is 1. The number of aromatic nitrogens is 4. The molecule has 9 nitrogen and oxygen atoms in total. The van der Waals surface area contributed by atoms with Crippen LogP contribution in [0.5, 0.6) is 0 Å². The van der Waals surface area contributed by atoms with Gasteiger partial charge in [-0.25, -0.2) is 19.3 Å². The van der Waals surface area contributed by atoms with Crippen molar-refractivity contribution in [2.24, 2.45) is 0 Å². The number of halogens is 2. The number of hydrogen-bond acceptors (Lipinski definition) is 6. The number of fused-ring (bicyclic) bond motifs is 1. The molecule has 1 saturated carbocycles. The molecule has 3 aromatic heterocycles. The van der Waals surface area contributed by atoms with Gasteiger partial charge in [0.25, 0.3) is 0 Å². The van der Waals surface area contributed by atoms with E-state index in [0.717, 1.165) is 43.1 Å². The minimum Gasteiger partial charge on any atom is -0.345 e. The van der Waals surface area contributed by atoms with Crippen LogP contribution in [0.25, 0.3) is 22.2 Å². The number of aromatic amines is 1. The average molecular weight is 541 g/mol. The molecule has 2 fully saturated rings. The van der Waals surface area contributed by atoms with E-state index in [9.17, 15) is 13.2 Å². The van der Waals surface area contributed by atoms with Gasteiger partial charge in [0.1, 0.15) is 11.5 Å². The molecule has 1 aliphatic carbocycles. The van der Waals surface area contributed by atoms with E-state index >= 15 is 4.39 Å². The molecular formula is C25H22ClFN6O3S. The summed E-state index contributed by atoms with van der Waals surface area (Å²) in [4.78, 5) is 29.7. The zero-order chi connectivity index (χ0) is 25.7. The van der Waals surface area contributed by atoms with Crippen LogP contribution in [0.15, 0.2) is 43.0 Å². The maximum atomic E-state index is 15.5. The summed E-state index contributed by atoms with van der Waals surface area (Å²) in [7, 11) is -3.98. The number of nitrogens with zero attached hydrogens (tertiary/aromatic N) is 4. The van der Waals surface area contributed by atoms with Crippen molar-refractivity contribution in [3.63, 3.8) is 0 Å². The monoisotopic (exact) mass is 540 g/mol. The summed E-state index contributed by atoms with van der Waals surface area (Å²) >= 11 is 6.18. The highest BCUT2D eigenvalue weighted by Crippen LogP contribution is 2.38. The Morgan fingerprint density at radius 1 is 1.03 bits per heavy atom. The van der Waals surface area contributed by atoms with Gasteiger partial charge in [-0.2, -0.15) is 12.7 Å². The van der Waals surface area contributed by atoms with Crippen LogP contribution in [0.4, 0.5) is 10.1 Å². The molecule has 6 rings (SSSR count). The van der Waals surface area contributed by atoms with Gasteiger partial charge in [0.05, 0.1) is 11.3 Å². The van der Waals surface area contributed by atoms with Crippen LogP contribution >= 0.6 is 11.6 Å². The maximum absolute atomic E-state index is 15.5. The lowest BCUT2D eigenvalue weighted by molar-refractivity contribution is 0.103. The standard InChI is InChI=1S/C25H22ClFN6O3S/c26-17-8-19(22(27)21(9-17)32-37(35,36)33-5-1-2-6-33)23(34)20-13-31-25-18(20)7-15(10-30-25)16-11-28-24(29-12-16)14-3-4-14/h7-14,32H,1-6H2,(H,30,31). The maximum Gasteiger partial charge on any atom is 0.301 e. The van der Waals surface area contributed by atoms with Crippen molar-refractivity contribution in [2.45, 2.75) is 31.6 Å². The molecule has 0 spiro atoms. The van der Waals surface area contributed by atoms with Crippen LogP contribution in [0, 0.1) is 5.82 Å². The zero-order valence-corrected chi connectivity index (χ0v) is 21.1. The average Bonchev–Trinajstić information content (AvgIpc) is 3.40. The van der Waals surface area contributed by atoms with Crippen molar-refractivity contribution < 1.29 is 17.6 Å². The molecule has 1 aliphatic heterocycles. The Morgan fingerprint density at radius 2 is 1.73 bits per heavy atom. The van der Waals surface area contributed by atoms with Gasteiger partial charge in [-0.05, 0) is 43.9 Å². The molecule has 1 saturated heterocycles. The Hall–Kier alpha value is -3.41. The van der Waals surface area contributed by atoms with Gasteiger partial charge >= 0.3 is 10.2 Å². The van der Waals surface area contributed by atoms with Gasteiger partial charge in [-0.3, -0.25) is 9.52 Å². The Balaban J connectivity index is 1.34. The van der Waals surface area contributed by atoms with Gasteiger partial charge in [-0.1, -0.05) is 11.6 Å². The second-order valence-corrected chi connectivity index (χ2v) is 11.4. The fourth-order valence-electron chi connectivity index (χ4n) is 4.49.